The molecule has 7 heteroatoms. The highest BCUT2D eigenvalue weighted by Crippen LogP contribution is 2.23. The van der Waals surface area contributed by atoms with Gasteiger partial charge in [-0.25, -0.2) is 4.99 Å². The molecule has 0 spiro atoms. The number of halogens is 1. The molecule has 0 saturated carbocycles. The van der Waals surface area contributed by atoms with Crippen molar-refractivity contribution in [3.63, 3.8) is 0 Å². The van der Waals surface area contributed by atoms with Crippen LogP contribution >= 0.6 is 11.6 Å². The number of rotatable bonds is 8. The van der Waals surface area contributed by atoms with Crippen molar-refractivity contribution in [3.8, 4) is 5.75 Å². The third-order valence-electron chi connectivity index (χ3n) is 3.83. The van der Waals surface area contributed by atoms with E-state index in [9.17, 15) is 4.79 Å². The number of carbonyl (C=O) groups is 1. The van der Waals surface area contributed by atoms with Crippen LogP contribution in [0.25, 0.3) is 0 Å². The maximum Gasteiger partial charge on any atom is 0.242 e. The number of carbonyl (C=O) groups excluding carboxylic acids is 1. The molecule has 0 aliphatic rings. The van der Waals surface area contributed by atoms with Gasteiger partial charge >= 0.3 is 0 Å². The van der Waals surface area contributed by atoms with Gasteiger partial charge in [-0.05, 0) is 32.9 Å². The predicted octanol–water partition coefficient (Wildman–Crippen LogP) is 2.61. The third-order valence-corrected chi connectivity index (χ3v) is 4.07. The second-order valence-electron chi connectivity index (χ2n) is 5.55. The molecule has 1 amide bonds. The number of likely N-dealkylation sites (N-methyl/N-ethyl adjacent to an activating group) is 2. The molecule has 0 radical (unpaired) electrons. The van der Waals surface area contributed by atoms with Crippen molar-refractivity contribution in [1.29, 1.82) is 0 Å². The van der Waals surface area contributed by atoms with Crippen molar-refractivity contribution in [2.75, 3.05) is 40.3 Å². The number of amides is 1. The van der Waals surface area contributed by atoms with Crippen molar-refractivity contribution in [2.45, 2.75) is 27.3 Å². The number of guanidine groups is 1. The summed E-state index contributed by atoms with van der Waals surface area (Å²) in [6.45, 7) is 8.81. The number of ether oxygens (including phenoxy) is 1. The molecule has 0 atom stereocenters. The Kier molecular flexibility index (Phi) is 9.13. The minimum atomic E-state index is 0.0853. The van der Waals surface area contributed by atoms with Crippen LogP contribution in [0.5, 0.6) is 5.75 Å². The van der Waals surface area contributed by atoms with E-state index in [0.29, 0.717) is 36.4 Å². The summed E-state index contributed by atoms with van der Waals surface area (Å²) in [7, 11) is 3.47. The van der Waals surface area contributed by atoms with Crippen molar-refractivity contribution < 1.29 is 9.53 Å². The SMILES string of the molecule is CCNC(=NCc1ccc(Cl)cc1OC)N(C)CC(=O)N(CC)CC. The van der Waals surface area contributed by atoms with Gasteiger partial charge in [-0.2, -0.15) is 0 Å². The van der Waals surface area contributed by atoms with Crippen molar-refractivity contribution in [3.05, 3.63) is 28.8 Å². The van der Waals surface area contributed by atoms with Gasteiger partial charge in [-0.1, -0.05) is 17.7 Å². The second-order valence-corrected chi connectivity index (χ2v) is 5.98. The van der Waals surface area contributed by atoms with Crippen LogP contribution in [0, 0.1) is 0 Å². The van der Waals surface area contributed by atoms with Gasteiger partial charge in [0.1, 0.15) is 5.75 Å². The van der Waals surface area contributed by atoms with Crippen molar-refractivity contribution >= 4 is 23.5 Å². The zero-order valence-electron chi connectivity index (χ0n) is 15.8. The van der Waals surface area contributed by atoms with E-state index in [2.05, 4.69) is 10.3 Å². The molecule has 25 heavy (non-hydrogen) atoms. The van der Waals surface area contributed by atoms with Crippen molar-refractivity contribution in [2.24, 2.45) is 4.99 Å². The van der Waals surface area contributed by atoms with Gasteiger partial charge in [-0.3, -0.25) is 4.79 Å². The summed E-state index contributed by atoms with van der Waals surface area (Å²) in [4.78, 5) is 20.6. The lowest BCUT2D eigenvalue weighted by Crippen LogP contribution is -2.45. The quantitative estimate of drug-likeness (QED) is 0.566. The summed E-state index contributed by atoms with van der Waals surface area (Å²) in [5.74, 6) is 1.47. The summed E-state index contributed by atoms with van der Waals surface area (Å²) >= 11 is 5.99. The lowest BCUT2D eigenvalue weighted by molar-refractivity contribution is -0.131. The van der Waals surface area contributed by atoms with Gasteiger partial charge in [-0.15, -0.1) is 0 Å². The number of hydrogen-bond acceptors (Lipinski definition) is 3. The van der Waals surface area contributed by atoms with E-state index in [4.69, 9.17) is 16.3 Å². The average molecular weight is 369 g/mol. The van der Waals surface area contributed by atoms with E-state index in [-0.39, 0.29) is 12.5 Å². The lowest BCUT2D eigenvalue weighted by Gasteiger charge is -2.25. The highest BCUT2D eigenvalue weighted by molar-refractivity contribution is 6.30. The Morgan fingerprint density at radius 3 is 2.52 bits per heavy atom. The minimum Gasteiger partial charge on any atom is -0.496 e. The van der Waals surface area contributed by atoms with Crippen LogP contribution in [0.1, 0.15) is 26.3 Å². The third kappa shape index (κ3) is 6.46. The van der Waals surface area contributed by atoms with Crippen LogP contribution in [-0.2, 0) is 11.3 Å². The fraction of sp³-hybridized carbons (Fsp3) is 0.556. The standard InChI is InChI=1S/C18H29ClN4O2/c1-6-20-18(22(4)13-17(24)23(7-2)8-3)21-12-14-9-10-15(19)11-16(14)25-5/h9-11H,6-8,12-13H2,1-5H3,(H,20,21). The molecule has 0 fully saturated rings. The highest BCUT2D eigenvalue weighted by atomic mass is 35.5. The number of aliphatic imine (C=N–C) groups is 1. The maximum atomic E-state index is 12.3. The Labute approximate surface area is 155 Å². The van der Waals surface area contributed by atoms with E-state index in [1.54, 1.807) is 13.2 Å². The predicted molar refractivity (Wildman–Crippen MR) is 103 cm³/mol. The first kappa shape index (κ1) is 21.1. The Hall–Kier alpha value is -1.95. The van der Waals surface area contributed by atoms with Crippen LogP contribution in [-0.4, -0.2) is 62.0 Å². The van der Waals surface area contributed by atoms with Crippen LogP contribution in [0.3, 0.4) is 0 Å². The average Bonchev–Trinajstić information content (AvgIpc) is 2.60. The summed E-state index contributed by atoms with van der Waals surface area (Å²) in [6, 6.07) is 5.48. The molecule has 1 aromatic rings. The number of hydrogen-bond donors (Lipinski definition) is 1. The van der Waals surface area contributed by atoms with Crippen molar-refractivity contribution in [1.82, 2.24) is 15.1 Å². The number of nitrogens with one attached hydrogen (secondary N) is 1. The maximum absolute atomic E-state index is 12.3. The molecule has 1 rings (SSSR count). The van der Waals surface area contributed by atoms with E-state index in [1.165, 1.54) is 0 Å². The molecular formula is C18H29ClN4O2. The molecule has 0 aliphatic carbocycles. The molecule has 140 valence electrons. The van der Waals surface area contributed by atoms with Gasteiger partial charge in [0.15, 0.2) is 5.96 Å². The number of nitrogens with zero attached hydrogens (tertiary/aromatic N) is 3. The highest BCUT2D eigenvalue weighted by Gasteiger charge is 2.15. The largest absolute Gasteiger partial charge is 0.496 e. The molecule has 0 aromatic heterocycles. The van der Waals surface area contributed by atoms with E-state index in [1.807, 2.05) is 49.8 Å². The van der Waals surface area contributed by atoms with Crippen LogP contribution in [0.2, 0.25) is 5.02 Å². The molecule has 0 aliphatic heterocycles. The summed E-state index contributed by atoms with van der Waals surface area (Å²) < 4.78 is 5.36. The smallest absolute Gasteiger partial charge is 0.242 e. The summed E-state index contributed by atoms with van der Waals surface area (Å²) in [6.07, 6.45) is 0. The first-order valence-corrected chi connectivity index (χ1v) is 8.94. The van der Waals surface area contributed by atoms with Crippen LogP contribution in [0.15, 0.2) is 23.2 Å². The summed E-state index contributed by atoms with van der Waals surface area (Å²) in [5.41, 5.74) is 0.936. The van der Waals surface area contributed by atoms with Crippen LogP contribution in [0.4, 0.5) is 0 Å². The van der Waals surface area contributed by atoms with Gasteiger partial charge in [0.2, 0.25) is 5.91 Å². The summed E-state index contributed by atoms with van der Waals surface area (Å²) in [5, 5.41) is 3.84. The Balaban J connectivity index is 2.87. The van der Waals surface area contributed by atoms with Crippen LogP contribution < -0.4 is 10.1 Å². The Morgan fingerprint density at radius 2 is 1.96 bits per heavy atom. The molecule has 0 bridgehead atoms. The molecule has 0 saturated heterocycles. The fourth-order valence-corrected chi connectivity index (χ4v) is 2.59. The zero-order chi connectivity index (χ0) is 18.8. The molecule has 1 N–H and O–H groups in total. The van der Waals surface area contributed by atoms with Gasteiger partial charge in [0, 0.05) is 37.3 Å². The van der Waals surface area contributed by atoms with Gasteiger partial charge < -0.3 is 19.9 Å². The molecular weight excluding hydrogens is 340 g/mol. The van der Waals surface area contributed by atoms with E-state index < -0.39 is 0 Å². The lowest BCUT2D eigenvalue weighted by atomic mass is 10.2. The van der Waals surface area contributed by atoms with Gasteiger partial charge in [0.25, 0.3) is 0 Å². The molecule has 6 nitrogen and oxygen atoms in total. The first-order valence-electron chi connectivity index (χ1n) is 8.56. The fourth-order valence-electron chi connectivity index (χ4n) is 2.43. The van der Waals surface area contributed by atoms with E-state index in [0.717, 1.165) is 12.1 Å². The topological polar surface area (TPSA) is 57.2 Å². The van der Waals surface area contributed by atoms with E-state index >= 15 is 0 Å². The van der Waals surface area contributed by atoms with Gasteiger partial charge in [0.05, 0.1) is 20.2 Å². The molecule has 1 aromatic carbocycles. The molecule has 0 unspecified atom stereocenters. The minimum absolute atomic E-state index is 0.0853. The number of methoxy groups -OCH3 is 1. The Bertz CT molecular complexity index is 588. The molecule has 0 heterocycles. The zero-order valence-corrected chi connectivity index (χ0v) is 16.6. The Morgan fingerprint density at radius 1 is 1.28 bits per heavy atom. The second kappa shape index (κ2) is 10.8. The number of benzene rings is 1. The normalized spacial score (nSPS) is 11.2. The first-order chi connectivity index (χ1) is 12.0. The monoisotopic (exact) mass is 368 g/mol.